The quantitative estimate of drug-likeness (QED) is 0.752. The third-order valence-electron chi connectivity index (χ3n) is 4.27. The van der Waals surface area contributed by atoms with Gasteiger partial charge in [-0.05, 0) is 31.6 Å². The van der Waals surface area contributed by atoms with E-state index in [9.17, 15) is 9.59 Å². The summed E-state index contributed by atoms with van der Waals surface area (Å²) in [4.78, 5) is 43.4. The van der Waals surface area contributed by atoms with E-state index in [2.05, 4.69) is 30.6 Å². The molecule has 0 fully saturated rings. The highest BCUT2D eigenvalue weighted by Crippen LogP contribution is 2.29. The van der Waals surface area contributed by atoms with E-state index in [1.165, 1.54) is 6.92 Å². The van der Waals surface area contributed by atoms with Crippen LogP contribution in [0, 0.1) is 0 Å². The zero-order valence-corrected chi connectivity index (χ0v) is 17.9. The Hall–Kier alpha value is -3.33. The third kappa shape index (κ3) is 4.98. The molecule has 2 aromatic rings. The maximum Gasteiger partial charge on any atom is 0.259 e. The monoisotopic (exact) mass is 427 g/mol. The fourth-order valence-electron chi connectivity index (χ4n) is 2.92. The van der Waals surface area contributed by atoms with Crippen LogP contribution in [-0.4, -0.2) is 51.4 Å². The Kier molecular flexibility index (Phi) is 6.12. The molecule has 1 atom stereocenters. The van der Waals surface area contributed by atoms with E-state index in [-0.39, 0.29) is 17.4 Å². The van der Waals surface area contributed by atoms with Gasteiger partial charge in [0.15, 0.2) is 5.82 Å². The first-order valence-corrected chi connectivity index (χ1v) is 9.58. The minimum absolute atomic E-state index is 0.0662. The summed E-state index contributed by atoms with van der Waals surface area (Å²) in [6.45, 7) is 3.24. The fraction of sp³-hybridized carbons (Fsp3) is 0.300. The first-order chi connectivity index (χ1) is 14.2. The molecular formula is C20H22ClN7O2. The third-order valence-corrected chi connectivity index (χ3v) is 4.63. The number of nitrogens with zero attached hydrogens (tertiary/aromatic N) is 5. The molecule has 0 radical (unpaired) electrons. The van der Waals surface area contributed by atoms with Crippen LogP contribution < -0.4 is 15.5 Å². The van der Waals surface area contributed by atoms with Gasteiger partial charge in [-0.25, -0.2) is 0 Å². The number of carbonyl (C=O) groups excluding carboxylic acids is 2. The molecule has 1 unspecified atom stereocenters. The van der Waals surface area contributed by atoms with Crippen LogP contribution in [0.5, 0.6) is 0 Å². The van der Waals surface area contributed by atoms with Crippen molar-refractivity contribution >= 4 is 35.3 Å². The largest absolute Gasteiger partial charge is 0.347 e. The molecule has 30 heavy (non-hydrogen) atoms. The van der Waals surface area contributed by atoms with E-state index in [0.717, 1.165) is 0 Å². The molecule has 0 saturated carbocycles. The first kappa shape index (κ1) is 21.4. The fourth-order valence-corrected chi connectivity index (χ4v) is 3.14. The van der Waals surface area contributed by atoms with Gasteiger partial charge in [-0.2, -0.15) is 15.0 Å². The molecule has 1 aliphatic carbocycles. The van der Waals surface area contributed by atoms with E-state index in [1.807, 2.05) is 13.0 Å². The zero-order valence-electron chi connectivity index (χ0n) is 17.1. The van der Waals surface area contributed by atoms with Crippen molar-refractivity contribution in [3.8, 4) is 11.5 Å². The van der Waals surface area contributed by atoms with Gasteiger partial charge in [0.1, 0.15) is 5.69 Å². The highest BCUT2D eigenvalue weighted by atomic mass is 35.5. The van der Waals surface area contributed by atoms with Crippen LogP contribution in [0.15, 0.2) is 47.2 Å². The molecule has 0 spiro atoms. The zero-order chi connectivity index (χ0) is 21.9. The van der Waals surface area contributed by atoms with Gasteiger partial charge in [0.2, 0.25) is 17.8 Å². The number of aromatic nitrogens is 4. The van der Waals surface area contributed by atoms with Crippen molar-refractivity contribution in [2.75, 3.05) is 24.3 Å². The normalized spacial score (nSPS) is 18.2. The summed E-state index contributed by atoms with van der Waals surface area (Å²) >= 11 is 6.26. The van der Waals surface area contributed by atoms with Crippen LogP contribution >= 0.6 is 11.6 Å². The Morgan fingerprint density at radius 2 is 1.97 bits per heavy atom. The number of hydrogen-bond donors (Lipinski definition) is 2. The minimum Gasteiger partial charge on any atom is -0.347 e. The van der Waals surface area contributed by atoms with Gasteiger partial charge in [0.05, 0.1) is 11.1 Å². The number of halogens is 1. The van der Waals surface area contributed by atoms with Crippen molar-refractivity contribution in [1.82, 2.24) is 25.3 Å². The smallest absolute Gasteiger partial charge is 0.259 e. The van der Waals surface area contributed by atoms with Gasteiger partial charge in [-0.1, -0.05) is 23.7 Å². The molecule has 0 bridgehead atoms. The second-order valence-electron chi connectivity index (χ2n) is 7.26. The van der Waals surface area contributed by atoms with Crippen molar-refractivity contribution in [1.29, 1.82) is 0 Å². The Morgan fingerprint density at radius 1 is 1.20 bits per heavy atom. The van der Waals surface area contributed by atoms with Crippen molar-refractivity contribution in [3.05, 3.63) is 47.2 Å². The predicted octanol–water partition coefficient (Wildman–Crippen LogP) is 2.29. The van der Waals surface area contributed by atoms with Gasteiger partial charge in [-0.3, -0.25) is 19.9 Å². The molecular weight excluding hydrogens is 406 g/mol. The lowest BCUT2D eigenvalue weighted by Gasteiger charge is -2.30. The second kappa shape index (κ2) is 8.58. The number of anilines is 2. The van der Waals surface area contributed by atoms with Gasteiger partial charge < -0.3 is 10.2 Å². The summed E-state index contributed by atoms with van der Waals surface area (Å²) in [5.74, 6) is 0.0650. The molecule has 2 N–H and O–H groups in total. The lowest BCUT2D eigenvalue weighted by molar-refractivity contribution is -0.120. The summed E-state index contributed by atoms with van der Waals surface area (Å²) in [5, 5.41) is 5.80. The van der Waals surface area contributed by atoms with E-state index >= 15 is 0 Å². The second-order valence-corrected chi connectivity index (χ2v) is 7.67. The topological polar surface area (TPSA) is 113 Å². The molecule has 0 aromatic carbocycles. The van der Waals surface area contributed by atoms with Gasteiger partial charge >= 0.3 is 0 Å². The Balaban J connectivity index is 1.93. The van der Waals surface area contributed by atoms with E-state index in [1.54, 1.807) is 49.5 Å². The lowest BCUT2D eigenvalue weighted by Crippen LogP contribution is -2.44. The SMILES string of the molecule is CC(=O)NC1(C)C=C(C(=O)Nc2nc(-c3ccccn3)nc(N(C)C)n2)C(Cl)=CC1. The van der Waals surface area contributed by atoms with E-state index in [0.29, 0.717) is 28.9 Å². The van der Waals surface area contributed by atoms with E-state index in [4.69, 9.17) is 11.6 Å². The molecule has 0 aliphatic heterocycles. The van der Waals surface area contributed by atoms with Crippen molar-refractivity contribution < 1.29 is 9.59 Å². The molecule has 2 heterocycles. The molecule has 10 heteroatoms. The van der Waals surface area contributed by atoms with Crippen molar-refractivity contribution in [3.63, 3.8) is 0 Å². The summed E-state index contributed by atoms with van der Waals surface area (Å²) in [5.41, 5.74) is 0.0566. The average molecular weight is 428 g/mol. The first-order valence-electron chi connectivity index (χ1n) is 9.21. The van der Waals surface area contributed by atoms with Crippen molar-refractivity contribution in [2.45, 2.75) is 25.8 Å². The molecule has 2 aromatic heterocycles. The van der Waals surface area contributed by atoms with Gasteiger partial charge in [-0.15, -0.1) is 0 Å². The van der Waals surface area contributed by atoms with Crippen LogP contribution in [0.4, 0.5) is 11.9 Å². The number of amides is 2. The van der Waals surface area contributed by atoms with Gasteiger partial charge in [0, 0.05) is 32.2 Å². The summed E-state index contributed by atoms with van der Waals surface area (Å²) in [7, 11) is 3.57. The number of hydrogen-bond acceptors (Lipinski definition) is 7. The molecule has 156 valence electrons. The summed E-state index contributed by atoms with van der Waals surface area (Å²) in [6, 6.07) is 5.37. The number of rotatable bonds is 5. The Labute approximate surface area is 179 Å². The standard InChI is InChI=1S/C20H22ClN7O2/c1-12(29)27-20(2)9-8-14(21)13(11-20)17(30)25-18-23-16(15-7-5-6-10-22-15)24-19(26-18)28(3)4/h5-8,10-11H,9H2,1-4H3,(H,27,29)(H,23,24,25,26,30). The highest BCUT2D eigenvalue weighted by Gasteiger charge is 2.29. The minimum atomic E-state index is -0.718. The number of pyridine rings is 1. The summed E-state index contributed by atoms with van der Waals surface area (Å²) < 4.78 is 0. The molecule has 2 amide bonds. The van der Waals surface area contributed by atoms with E-state index < -0.39 is 11.4 Å². The van der Waals surface area contributed by atoms with Crippen molar-refractivity contribution in [2.24, 2.45) is 0 Å². The average Bonchev–Trinajstić information content (AvgIpc) is 2.69. The predicted molar refractivity (Wildman–Crippen MR) is 115 cm³/mol. The summed E-state index contributed by atoms with van der Waals surface area (Å²) in [6.07, 6.45) is 5.44. The van der Waals surface area contributed by atoms with Crippen LogP contribution in [-0.2, 0) is 9.59 Å². The molecule has 1 aliphatic rings. The van der Waals surface area contributed by atoms with Crippen LogP contribution in [0.3, 0.4) is 0 Å². The maximum atomic E-state index is 12.9. The molecule has 9 nitrogen and oxygen atoms in total. The highest BCUT2D eigenvalue weighted by molar-refractivity contribution is 6.36. The van der Waals surface area contributed by atoms with Crippen LogP contribution in [0.25, 0.3) is 11.5 Å². The van der Waals surface area contributed by atoms with Gasteiger partial charge in [0.25, 0.3) is 5.91 Å². The maximum absolute atomic E-state index is 12.9. The molecule has 0 saturated heterocycles. The Morgan fingerprint density at radius 3 is 2.60 bits per heavy atom. The molecule has 3 rings (SSSR count). The van der Waals surface area contributed by atoms with Crippen LogP contribution in [0.2, 0.25) is 0 Å². The lowest BCUT2D eigenvalue weighted by atomic mass is 9.89. The number of carbonyl (C=O) groups is 2. The number of nitrogens with one attached hydrogen (secondary N) is 2. The Bertz CT molecular complexity index is 1040. The van der Waals surface area contributed by atoms with Crippen LogP contribution in [0.1, 0.15) is 20.3 Å².